The summed E-state index contributed by atoms with van der Waals surface area (Å²) >= 11 is 6.23. The van der Waals surface area contributed by atoms with Gasteiger partial charge in [0, 0.05) is 35.9 Å². The van der Waals surface area contributed by atoms with Crippen molar-refractivity contribution in [3.63, 3.8) is 0 Å². The molecule has 2 aromatic heterocycles. The first-order valence-corrected chi connectivity index (χ1v) is 10.8. The van der Waals surface area contributed by atoms with Crippen molar-refractivity contribution >= 4 is 22.5 Å². The molecule has 0 radical (unpaired) electrons. The van der Waals surface area contributed by atoms with Crippen LogP contribution in [-0.2, 0) is 11.3 Å². The van der Waals surface area contributed by atoms with E-state index in [4.69, 9.17) is 21.1 Å². The zero-order valence-corrected chi connectivity index (χ0v) is 19.2. The summed E-state index contributed by atoms with van der Waals surface area (Å²) in [6.45, 7) is 4.41. The maximum Gasteiger partial charge on any atom is 0.182 e. The average molecular weight is 473 g/mol. The van der Waals surface area contributed by atoms with E-state index >= 15 is 0 Å². The van der Waals surface area contributed by atoms with Gasteiger partial charge in [0.2, 0.25) is 0 Å². The molecule has 33 heavy (non-hydrogen) atoms. The van der Waals surface area contributed by atoms with E-state index in [0.717, 1.165) is 23.2 Å². The van der Waals surface area contributed by atoms with Gasteiger partial charge in [-0.3, -0.25) is 4.68 Å². The summed E-state index contributed by atoms with van der Waals surface area (Å²) in [6.07, 6.45) is 0. The highest BCUT2D eigenvalue weighted by molar-refractivity contribution is 6.29. The summed E-state index contributed by atoms with van der Waals surface area (Å²) in [5, 5.41) is 5.68. The van der Waals surface area contributed by atoms with Crippen LogP contribution in [0.2, 0.25) is 5.15 Å². The zero-order valence-electron chi connectivity index (χ0n) is 18.5. The topological polar surface area (TPSA) is 62.1 Å². The first-order valence-electron chi connectivity index (χ1n) is 10.5. The van der Waals surface area contributed by atoms with Crippen LogP contribution in [-0.4, -0.2) is 40.1 Å². The summed E-state index contributed by atoms with van der Waals surface area (Å²) in [6, 6.07) is 11.4. The molecule has 0 fully saturated rings. The van der Waals surface area contributed by atoms with Gasteiger partial charge in [-0.05, 0) is 18.1 Å². The van der Waals surface area contributed by atoms with Gasteiger partial charge >= 0.3 is 0 Å². The number of aromatic nitrogens is 4. The van der Waals surface area contributed by atoms with Crippen molar-refractivity contribution in [2.24, 2.45) is 0 Å². The lowest BCUT2D eigenvalue weighted by Gasteiger charge is -2.10. The van der Waals surface area contributed by atoms with Gasteiger partial charge in [-0.2, -0.15) is 5.10 Å². The van der Waals surface area contributed by atoms with Gasteiger partial charge in [-0.25, -0.2) is 18.7 Å². The Morgan fingerprint density at radius 3 is 2.45 bits per heavy atom. The van der Waals surface area contributed by atoms with Gasteiger partial charge in [0.15, 0.2) is 5.82 Å². The molecule has 0 atom stereocenters. The highest BCUT2D eigenvalue weighted by atomic mass is 35.5. The van der Waals surface area contributed by atoms with Crippen LogP contribution >= 0.6 is 11.6 Å². The van der Waals surface area contributed by atoms with E-state index in [1.165, 1.54) is 11.8 Å². The molecule has 9 heteroatoms. The molecule has 0 aliphatic heterocycles. The molecule has 0 N–H and O–H groups in total. The predicted molar refractivity (Wildman–Crippen MR) is 123 cm³/mol. The van der Waals surface area contributed by atoms with Crippen LogP contribution < -0.4 is 4.74 Å². The van der Waals surface area contributed by atoms with Gasteiger partial charge in [0.05, 0.1) is 18.7 Å². The Hall–Kier alpha value is -3.10. The maximum atomic E-state index is 14.8. The highest BCUT2D eigenvalue weighted by Crippen LogP contribution is 2.29. The molecule has 172 valence electrons. The van der Waals surface area contributed by atoms with Crippen molar-refractivity contribution in [1.82, 2.24) is 19.7 Å². The van der Waals surface area contributed by atoms with E-state index in [-0.39, 0.29) is 30.4 Å². The van der Waals surface area contributed by atoms with E-state index in [1.807, 2.05) is 38.1 Å². The molecule has 6 nitrogen and oxygen atoms in total. The standard InChI is InChI=1S/C24H23ClF2N4O2/c1-14(2)20-12-22(25)29-24(28-20)23-16-6-4-5-7-21(16)31(30-23)13-17-18(26)10-15(11-19(17)27)33-9-8-32-3/h4-7,10-12,14H,8-9,13H2,1-3H3. The van der Waals surface area contributed by atoms with Crippen molar-refractivity contribution in [2.75, 3.05) is 20.3 Å². The number of rotatable bonds is 8. The lowest BCUT2D eigenvalue weighted by molar-refractivity contribution is 0.146. The number of halogens is 3. The normalized spacial score (nSPS) is 11.5. The quantitative estimate of drug-likeness (QED) is 0.246. The Morgan fingerprint density at radius 2 is 1.76 bits per heavy atom. The Bertz CT molecular complexity index is 1270. The zero-order chi connectivity index (χ0) is 23.5. The number of hydrogen-bond donors (Lipinski definition) is 0. The minimum Gasteiger partial charge on any atom is -0.491 e. The number of nitrogens with zero attached hydrogens (tertiary/aromatic N) is 4. The van der Waals surface area contributed by atoms with E-state index in [9.17, 15) is 8.78 Å². The number of para-hydroxylation sites is 1. The van der Waals surface area contributed by atoms with E-state index < -0.39 is 11.6 Å². The molecule has 0 aliphatic carbocycles. The molecule has 0 saturated heterocycles. The van der Waals surface area contributed by atoms with Crippen molar-refractivity contribution in [1.29, 1.82) is 0 Å². The van der Waals surface area contributed by atoms with Gasteiger partial charge in [-0.1, -0.05) is 43.6 Å². The molecule has 0 amide bonds. The fourth-order valence-corrected chi connectivity index (χ4v) is 3.65. The minimum absolute atomic E-state index is 0.102. The Balaban J connectivity index is 1.74. The van der Waals surface area contributed by atoms with Crippen molar-refractivity contribution < 1.29 is 18.3 Å². The Labute approximate surface area is 195 Å². The van der Waals surface area contributed by atoms with Crippen LogP contribution in [0.1, 0.15) is 31.0 Å². The first kappa shape index (κ1) is 23.1. The van der Waals surface area contributed by atoms with Crippen LogP contribution in [0.4, 0.5) is 8.78 Å². The number of methoxy groups -OCH3 is 1. The number of benzene rings is 2. The van der Waals surface area contributed by atoms with Crippen molar-refractivity contribution in [3.8, 4) is 17.3 Å². The molecule has 0 aliphatic rings. The fourth-order valence-electron chi connectivity index (χ4n) is 3.46. The summed E-state index contributed by atoms with van der Waals surface area (Å²) in [7, 11) is 1.52. The largest absolute Gasteiger partial charge is 0.491 e. The fraction of sp³-hybridized carbons (Fsp3) is 0.292. The van der Waals surface area contributed by atoms with Gasteiger partial charge in [0.1, 0.15) is 34.8 Å². The second-order valence-electron chi connectivity index (χ2n) is 7.82. The number of fused-ring (bicyclic) bond motifs is 1. The number of ether oxygens (including phenoxy) is 2. The lowest BCUT2D eigenvalue weighted by atomic mass is 10.1. The molecular weight excluding hydrogens is 450 g/mol. The van der Waals surface area contributed by atoms with Crippen molar-refractivity contribution in [2.45, 2.75) is 26.3 Å². The minimum atomic E-state index is -0.718. The SMILES string of the molecule is COCCOc1cc(F)c(Cn2nc(-c3nc(Cl)cc(C(C)C)n3)c3ccccc32)c(F)c1. The summed E-state index contributed by atoms with van der Waals surface area (Å²) in [5.41, 5.74) is 1.85. The van der Waals surface area contributed by atoms with E-state index in [1.54, 1.807) is 6.07 Å². The molecule has 0 unspecified atom stereocenters. The van der Waals surface area contributed by atoms with Crippen molar-refractivity contribution in [3.05, 3.63) is 70.5 Å². The summed E-state index contributed by atoms with van der Waals surface area (Å²) in [5.74, 6) is -0.825. The van der Waals surface area contributed by atoms with Crippen LogP contribution in [0.3, 0.4) is 0 Å². The molecule has 2 heterocycles. The molecule has 0 bridgehead atoms. The Kier molecular flexibility index (Phi) is 6.85. The second-order valence-corrected chi connectivity index (χ2v) is 8.21. The third kappa shape index (κ3) is 4.96. The predicted octanol–water partition coefficient (Wildman–Crippen LogP) is 5.62. The number of hydrogen-bond acceptors (Lipinski definition) is 5. The highest BCUT2D eigenvalue weighted by Gasteiger charge is 2.19. The van der Waals surface area contributed by atoms with Crippen LogP contribution in [0.15, 0.2) is 42.5 Å². The van der Waals surface area contributed by atoms with Crippen LogP contribution in [0, 0.1) is 11.6 Å². The molecule has 0 saturated carbocycles. The van der Waals surface area contributed by atoms with E-state index in [2.05, 4.69) is 15.1 Å². The third-order valence-corrected chi connectivity index (χ3v) is 5.35. The third-order valence-electron chi connectivity index (χ3n) is 5.15. The second kappa shape index (κ2) is 9.80. The van der Waals surface area contributed by atoms with Crippen LogP contribution in [0.5, 0.6) is 5.75 Å². The molecular formula is C24H23ClF2N4O2. The van der Waals surface area contributed by atoms with Crippen LogP contribution in [0.25, 0.3) is 22.4 Å². The summed E-state index contributed by atoms with van der Waals surface area (Å²) in [4.78, 5) is 8.95. The lowest BCUT2D eigenvalue weighted by Crippen LogP contribution is -2.09. The van der Waals surface area contributed by atoms with Gasteiger partial charge < -0.3 is 9.47 Å². The van der Waals surface area contributed by atoms with Gasteiger partial charge in [-0.15, -0.1) is 0 Å². The van der Waals surface area contributed by atoms with E-state index in [0.29, 0.717) is 28.8 Å². The average Bonchev–Trinajstić information content (AvgIpc) is 3.14. The molecule has 4 rings (SSSR count). The summed E-state index contributed by atoms with van der Waals surface area (Å²) < 4.78 is 41.4. The maximum absolute atomic E-state index is 14.8. The van der Waals surface area contributed by atoms with Gasteiger partial charge in [0.25, 0.3) is 0 Å². The monoisotopic (exact) mass is 472 g/mol. The first-order chi connectivity index (χ1) is 15.9. The smallest absolute Gasteiger partial charge is 0.182 e. The Morgan fingerprint density at radius 1 is 1.03 bits per heavy atom. The molecule has 4 aromatic rings. The molecule has 2 aromatic carbocycles. The molecule has 0 spiro atoms.